The van der Waals surface area contributed by atoms with Crippen molar-refractivity contribution in [2.45, 2.75) is 4.90 Å². The van der Waals surface area contributed by atoms with Crippen LogP contribution in [-0.2, 0) is 10.0 Å². The van der Waals surface area contributed by atoms with Crippen LogP contribution in [0.2, 0.25) is 10.0 Å². The maximum Gasteiger partial charge on any atom is 0.262 e. The normalized spacial score (nSPS) is 11.5. The number of pyridine rings is 1. The molecule has 2 aromatic carbocycles. The fraction of sp³-hybridized carbons (Fsp3) is 0. The highest BCUT2D eigenvalue weighted by Gasteiger charge is 2.19. The molecule has 1 heterocycles. The molecule has 7 heteroatoms. The molecule has 3 aromatic rings. The van der Waals surface area contributed by atoms with Gasteiger partial charge in [-0.1, -0.05) is 41.4 Å². The molecule has 0 spiro atoms. The highest BCUT2D eigenvalue weighted by Crippen LogP contribution is 2.36. The van der Waals surface area contributed by atoms with E-state index in [4.69, 9.17) is 23.2 Å². The lowest BCUT2D eigenvalue weighted by Gasteiger charge is -2.12. The standard InChI is InChI=1S/C15H10Cl2N2O2S/c16-12-9-13(17)15(14-11(12)7-4-8-18-14)19-22(20,21)10-5-2-1-3-6-10/h1-9,19H. The van der Waals surface area contributed by atoms with Crippen LogP contribution in [0, 0.1) is 0 Å². The Morgan fingerprint density at radius 1 is 0.955 bits per heavy atom. The van der Waals surface area contributed by atoms with Crippen molar-refractivity contribution < 1.29 is 8.42 Å². The van der Waals surface area contributed by atoms with E-state index in [1.807, 2.05) is 0 Å². The van der Waals surface area contributed by atoms with Gasteiger partial charge in [-0.25, -0.2) is 8.42 Å². The highest BCUT2D eigenvalue weighted by molar-refractivity contribution is 7.92. The van der Waals surface area contributed by atoms with E-state index in [0.717, 1.165) is 0 Å². The second-order valence-corrected chi connectivity index (χ2v) is 7.03. The van der Waals surface area contributed by atoms with Gasteiger partial charge in [0.2, 0.25) is 0 Å². The number of hydrogen-bond donors (Lipinski definition) is 1. The first-order chi connectivity index (χ1) is 10.5. The Balaban J connectivity index is 2.16. The summed E-state index contributed by atoms with van der Waals surface area (Å²) < 4.78 is 27.4. The number of halogens is 2. The molecular weight excluding hydrogens is 343 g/mol. The molecule has 4 nitrogen and oxygen atoms in total. The zero-order valence-electron chi connectivity index (χ0n) is 11.1. The van der Waals surface area contributed by atoms with Crippen molar-refractivity contribution in [3.05, 3.63) is 64.8 Å². The van der Waals surface area contributed by atoms with E-state index in [1.54, 1.807) is 36.5 Å². The molecule has 112 valence electrons. The average molecular weight is 353 g/mol. The molecule has 0 aliphatic rings. The zero-order valence-corrected chi connectivity index (χ0v) is 13.5. The van der Waals surface area contributed by atoms with Crippen LogP contribution in [0.3, 0.4) is 0 Å². The Morgan fingerprint density at radius 2 is 1.68 bits per heavy atom. The first kappa shape index (κ1) is 15.1. The molecule has 22 heavy (non-hydrogen) atoms. The molecule has 0 atom stereocenters. The van der Waals surface area contributed by atoms with Crippen LogP contribution >= 0.6 is 23.2 Å². The van der Waals surface area contributed by atoms with Gasteiger partial charge >= 0.3 is 0 Å². The highest BCUT2D eigenvalue weighted by atomic mass is 35.5. The van der Waals surface area contributed by atoms with Gasteiger partial charge in [0.25, 0.3) is 10.0 Å². The minimum absolute atomic E-state index is 0.144. The van der Waals surface area contributed by atoms with Crippen molar-refractivity contribution in [1.82, 2.24) is 4.98 Å². The third kappa shape index (κ3) is 2.75. The number of fused-ring (bicyclic) bond motifs is 1. The fourth-order valence-corrected chi connectivity index (χ4v) is 3.79. The lowest BCUT2D eigenvalue weighted by Crippen LogP contribution is -2.13. The topological polar surface area (TPSA) is 59.1 Å². The van der Waals surface area contributed by atoms with Gasteiger partial charge in [0.1, 0.15) is 0 Å². The van der Waals surface area contributed by atoms with E-state index in [1.165, 1.54) is 18.2 Å². The number of nitrogens with zero attached hydrogens (tertiary/aromatic N) is 1. The number of aromatic nitrogens is 1. The SMILES string of the molecule is O=S(=O)(Nc1c(Cl)cc(Cl)c2cccnc12)c1ccccc1. The number of rotatable bonds is 3. The van der Waals surface area contributed by atoms with Crippen molar-refractivity contribution in [1.29, 1.82) is 0 Å². The minimum Gasteiger partial charge on any atom is -0.276 e. The largest absolute Gasteiger partial charge is 0.276 e. The van der Waals surface area contributed by atoms with Crippen LogP contribution in [0.5, 0.6) is 0 Å². The summed E-state index contributed by atoms with van der Waals surface area (Å²) in [7, 11) is -3.76. The van der Waals surface area contributed by atoms with Crippen LogP contribution in [0.15, 0.2) is 59.6 Å². The fourth-order valence-electron chi connectivity index (χ4n) is 2.06. The van der Waals surface area contributed by atoms with Crippen molar-refractivity contribution >= 4 is 49.8 Å². The number of anilines is 1. The van der Waals surface area contributed by atoms with E-state index in [0.29, 0.717) is 15.9 Å². The second-order valence-electron chi connectivity index (χ2n) is 4.53. The Labute approximate surface area is 137 Å². The predicted octanol–water partition coefficient (Wildman–Crippen LogP) is 4.34. The number of nitrogens with one attached hydrogen (secondary N) is 1. The Kier molecular flexibility index (Phi) is 3.95. The molecule has 0 saturated carbocycles. The summed E-state index contributed by atoms with van der Waals surface area (Å²) in [6.07, 6.45) is 1.55. The van der Waals surface area contributed by atoms with Crippen molar-refractivity contribution in [2.24, 2.45) is 0 Å². The van der Waals surface area contributed by atoms with Gasteiger partial charge in [0.15, 0.2) is 0 Å². The third-order valence-electron chi connectivity index (χ3n) is 3.08. The quantitative estimate of drug-likeness (QED) is 0.762. The lowest BCUT2D eigenvalue weighted by atomic mass is 10.2. The number of benzene rings is 2. The summed E-state index contributed by atoms with van der Waals surface area (Å²) in [6.45, 7) is 0. The van der Waals surface area contributed by atoms with Gasteiger partial charge < -0.3 is 0 Å². The van der Waals surface area contributed by atoms with Gasteiger partial charge in [-0.05, 0) is 30.3 Å². The van der Waals surface area contributed by atoms with E-state index >= 15 is 0 Å². The van der Waals surface area contributed by atoms with E-state index in [2.05, 4.69) is 9.71 Å². The minimum atomic E-state index is -3.76. The molecule has 0 amide bonds. The molecule has 0 saturated heterocycles. The lowest BCUT2D eigenvalue weighted by molar-refractivity contribution is 0.601. The number of sulfonamides is 1. The molecule has 0 unspecified atom stereocenters. The Morgan fingerprint density at radius 3 is 2.41 bits per heavy atom. The van der Waals surface area contributed by atoms with E-state index in [-0.39, 0.29) is 15.6 Å². The van der Waals surface area contributed by atoms with Crippen LogP contribution in [-0.4, -0.2) is 13.4 Å². The first-order valence-corrected chi connectivity index (χ1v) is 8.53. The monoisotopic (exact) mass is 352 g/mol. The van der Waals surface area contributed by atoms with Crippen molar-refractivity contribution in [3.63, 3.8) is 0 Å². The second kappa shape index (κ2) is 5.76. The van der Waals surface area contributed by atoms with Gasteiger partial charge in [0, 0.05) is 11.6 Å². The smallest absolute Gasteiger partial charge is 0.262 e. The third-order valence-corrected chi connectivity index (χ3v) is 5.06. The Hall–Kier alpha value is -1.82. The van der Waals surface area contributed by atoms with E-state index in [9.17, 15) is 8.42 Å². The predicted molar refractivity (Wildman–Crippen MR) is 89.0 cm³/mol. The molecule has 0 fully saturated rings. The summed E-state index contributed by atoms with van der Waals surface area (Å²) in [5.74, 6) is 0. The van der Waals surface area contributed by atoms with Crippen LogP contribution in [0.1, 0.15) is 0 Å². The summed E-state index contributed by atoms with van der Waals surface area (Å²) in [5.41, 5.74) is 0.616. The summed E-state index contributed by atoms with van der Waals surface area (Å²) in [4.78, 5) is 4.33. The molecule has 0 bridgehead atoms. The zero-order chi connectivity index (χ0) is 15.7. The maximum atomic E-state index is 12.5. The van der Waals surface area contributed by atoms with Crippen LogP contribution in [0.4, 0.5) is 5.69 Å². The average Bonchev–Trinajstić information content (AvgIpc) is 2.52. The van der Waals surface area contributed by atoms with Gasteiger partial charge in [-0.2, -0.15) is 0 Å². The number of hydrogen-bond acceptors (Lipinski definition) is 3. The van der Waals surface area contributed by atoms with Crippen LogP contribution < -0.4 is 4.72 Å². The van der Waals surface area contributed by atoms with Crippen molar-refractivity contribution in [2.75, 3.05) is 4.72 Å². The first-order valence-electron chi connectivity index (χ1n) is 6.29. The summed E-state index contributed by atoms with van der Waals surface area (Å²) in [6, 6.07) is 13.0. The summed E-state index contributed by atoms with van der Waals surface area (Å²) >= 11 is 12.3. The maximum absolute atomic E-state index is 12.5. The molecule has 1 N–H and O–H groups in total. The van der Waals surface area contributed by atoms with Gasteiger partial charge in [-0.3, -0.25) is 9.71 Å². The van der Waals surface area contributed by atoms with Crippen molar-refractivity contribution in [3.8, 4) is 0 Å². The van der Waals surface area contributed by atoms with Crippen LogP contribution in [0.25, 0.3) is 10.9 Å². The molecular formula is C15H10Cl2N2O2S. The van der Waals surface area contributed by atoms with Gasteiger partial charge in [0.05, 0.1) is 26.1 Å². The molecule has 0 aliphatic carbocycles. The molecule has 0 aliphatic heterocycles. The van der Waals surface area contributed by atoms with Gasteiger partial charge in [-0.15, -0.1) is 0 Å². The van der Waals surface area contributed by atoms with E-state index < -0.39 is 10.0 Å². The molecule has 1 aromatic heterocycles. The summed E-state index contributed by atoms with van der Waals surface area (Å²) in [5, 5.41) is 1.23. The Bertz CT molecular complexity index is 944. The molecule has 0 radical (unpaired) electrons. The molecule has 3 rings (SSSR count).